The van der Waals surface area contributed by atoms with Crippen molar-refractivity contribution in [2.45, 2.75) is 32.8 Å². The lowest BCUT2D eigenvalue weighted by atomic mass is 10.1. The van der Waals surface area contributed by atoms with Crippen LogP contribution in [0.25, 0.3) is 0 Å². The van der Waals surface area contributed by atoms with E-state index in [1.807, 2.05) is 80.3 Å². The third-order valence-corrected chi connectivity index (χ3v) is 6.22. The second-order valence-corrected chi connectivity index (χ2v) is 10.4. The summed E-state index contributed by atoms with van der Waals surface area (Å²) in [5.41, 5.74) is 0.882. The molecule has 0 bridgehead atoms. The summed E-state index contributed by atoms with van der Waals surface area (Å²) in [6, 6.07) is 20.9. The van der Waals surface area contributed by atoms with Gasteiger partial charge in [-0.05, 0) is 69.2 Å². The number of rotatable bonds is 7. The summed E-state index contributed by atoms with van der Waals surface area (Å²) in [7, 11) is 0. The zero-order valence-electron chi connectivity index (χ0n) is 21.9. The number of anilines is 1. The molecule has 2 aromatic carbocycles. The van der Waals surface area contributed by atoms with E-state index in [1.165, 1.54) is 0 Å². The van der Waals surface area contributed by atoms with E-state index in [0.717, 1.165) is 17.1 Å². The van der Waals surface area contributed by atoms with E-state index in [0.29, 0.717) is 50.5 Å². The number of nitrogens with zero attached hydrogens (tertiary/aromatic N) is 3. The van der Waals surface area contributed by atoms with Gasteiger partial charge in [-0.1, -0.05) is 41.9 Å². The van der Waals surface area contributed by atoms with Crippen molar-refractivity contribution >= 4 is 29.4 Å². The normalized spacial score (nSPS) is 13.7. The molecule has 0 radical (unpaired) electrons. The quantitative estimate of drug-likeness (QED) is 0.398. The van der Waals surface area contributed by atoms with Crippen LogP contribution < -0.4 is 15.0 Å². The number of nitrogens with one attached hydrogen (secondary N) is 1. The number of para-hydroxylation sites is 1. The number of hydrogen-bond donors (Lipinski definition) is 1. The molecule has 200 valence electrons. The van der Waals surface area contributed by atoms with E-state index in [4.69, 9.17) is 21.1 Å². The summed E-state index contributed by atoms with van der Waals surface area (Å²) in [5.74, 6) is 1.95. The first kappa shape index (κ1) is 27.3. The number of amides is 2. The van der Waals surface area contributed by atoms with Gasteiger partial charge in [0.05, 0.1) is 5.56 Å². The predicted octanol–water partition coefficient (Wildman–Crippen LogP) is 5.56. The summed E-state index contributed by atoms with van der Waals surface area (Å²) in [6.45, 7) is 8.26. The Kier molecular flexibility index (Phi) is 8.73. The Labute approximate surface area is 228 Å². The molecule has 1 fully saturated rings. The lowest BCUT2D eigenvalue weighted by Crippen LogP contribution is -2.50. The SMILES string of the molecule is CC(C)(C)OC(=O)N1CCN(c2ccc(C(=O)NCCc3ccc(Oc4ccccc4)cc3)c(Cl)n2)CC1. The van der Waals surface area contributed by atoms with E-state index in [1.54, 1.807) is 17.0 Å². The van der Waals surface area contributed by atoms with Gasteiger partial charge in [0, 0.05) is 32.7 Å². The number of aromatic nitrogens is 1. The lowest BCUT2D eigenvalue weighted by molar-refractivity contribution is 0.0240. The fourth-order valence-electron chi connectivity index (χ4n) is 3.98. The lowest BCUT2D eigenvalue weighted by Gasteiger charge is -2.36. The Morgan fingerprint density at radius 1 is 0.921 bits per heavy atom. The molecule has 1 aliphatic heterocycles. The average Bonchev–Trinajstić information content (AvgIpc) is 2.89. The van der Waals surface area contributed by atoms with Crippen LogP contribution in [-0.4, -0.2) is 60.2 Å². The van der Waals surface area contributed by atoms with Crippen LogP contribution in [0.2, 0.25) is 5.15 Å². The highest BCUT2D eigenvalue weighted by atomic mass is 35.5. The van der Waals surface area contributed by atoms with E-state index < -0.39 is 5.60 Å². The summed E-state index contributed by atoms with van der Waals surface area (Å²) < 4.78 is 11.3. The number of halogens is 1. The zero-order chi connectivity index (χ0) is 27.1. The Hall–Kier alpha value is -3.78. The molecule has 3 aromatic rings. The van der Waals surface area contributed by atoms with Crippen molar-refractivity contribution in [3.8, 4) is 11.5 Å². The number of carbonyl (C=O) groups excluding carboxylic acids is 2. The van der Waals surface area contributed by atoms with Crippen molar-refractivity contribution in [2.75, 3.05) is 37.6 Å². The summed E-state index contributed by atoms with van der Waals surface area (Å²) in [6.07, 6.45) is 0.356. The number of piperazine rings is 1. The van der Waals surface area contributed by atoms with Gasteiger partial charge >= 0.3 is 6.09 Å². The second kappa shape index (κ2) is 12.2. The maximum atomic E-state index is 12.7. The average molecular weight is 537 g/mol. The van der Waals surface area contributed by atoms with Gasteiger partial charge < -0.3 is 24.6 Å². The Balaban J connectivity index is 1.24. The number of hydrogen-bond acceptors (Lipinski definition) is 6. The topological polar surface area (TPSA) is 84.0 Å². The summed E-state index contributed by atoms with van der Waals surface area (Å²) in [5, 5.41) is 3.06. The van der Waals surface area contributed by atoms with Crippen molar-refractivity contribution in [3.05, 3.63) is 83.0 Å². The van der Waals surface area contributed by atoms with Gasteiger partial charge in [0.2, 0.25) is 0 Å². The van der Waals surface area contributed by atoms with Gasteiger partial charge in [0.15, 0.2) is 0 Å². The molecule has 1 aliphatic rings. The van der Waals surface area contributed by atoms with Gasteiger partial charge in [0.1, 0.15) is 28.1 Å². The number of carbonyl (C=O) groups is 2. The van der Waals surface area contributed by atoms with E-state index >= 15 is 0 Å². The monoisotopic (exact) mass is 536 g/mol. The second-order valence-electron chi connectivity index (χ2n) is 10.0. The minimum Gasteiger partial charge on any atom is -0.457 e. The molecular formula is C29H33ClN4O4. The highest BCUT2D eigenvalue weighted by Crippen LogP contribution is 2.23. The molecule has 0 spiro atoms. The molecular weight excluding hydrogens is 504 g/mol. The fraction of sp³-hybridized carbons (Fsp3) is 0.345. The summed E-state index contributed by atoms with van der Waals surface area (Å²) in [4.78, 5) is 33.2. The van der Waals surface area contributed by atoms with Crippen molar-refractivity contribution in [2.24, 2.45) is 0 Å². The minimum absolute atomic E-state index is 0.150. The van der Waals surface area contributed by atoms with E-state index in [2.05, 4.69) is 10.3 Å². The number of pyridine rings is 1. The third-order valence-electron chi connectivity index (χ3n) is 5.94. The van der Waals surface area contributed by atoms with Crippen molar-refractivity contribution in [1.29, 1.82) is 0 Å². The standard InChI is InChI=1S/C29H33ClN4O4/c1-29(2,3)38-28(36)34-19-17-33(18-20-34)25-14-13-24(26(30)32-25)27(35)31-16-15-21-9-11-23(12-10-21)37-22-7-5-4-6-8-22/h4-14H,15-20H2,1-3H3,(H,31,35). The van der Waals surface area contributed by atoms with E-state index in [9.17, 15) is 9.59 Å². The van der Waals surface area contributed by atoms with E-state index in [-0.39, 0.29) is 17.2 Å². The first-order valence-electron chi connectivity index (χ1n) is 12.7. The molecule has 38 heavy (non-hydrogen) atoms. The van der Waals surface area contributed by atoms with Gasteiger partial charge in [-0.15, -0.1) is 0 Å². The Morgan fingerprint density at radius 2 is 1.58 bits per heavy atom. The van der Waals surface area contributed by atoms with Crippen LogP contribution >= 0.6 is 11.6 Å². The highest BCUT2D eigenvalue weighted by Gasteiger charge is 2.26. The highest BCUT2D eigenvalue weighted by molar-refractivity contribution is 6.32. The van der Waals surface area contributed by atoms with Gasteiger partial charge in [-0.2, -0.15) is 0 Å². The summed E-state index contributed by atoms with van der Waals surface area (Å²) >= 11 is 6.38. The molecule has 0 atom stereocenters. The maximum Gasteiger partial charge on any atom is 0.410 e. The molecule has 2 heterocycles. The first-order chi connectivity index (χ1) is 18.2. The molecule has 1 N–H and O–H groups in total. The van der Waals surface area contributed by atoms with Crippen LogP contribution in [0.4, 0.5) is 10.6 Å². The van der Waals surface area contributed by atoms with Crippen molar-refractivity contribution < 1.29 is 19.1 Å². The molecule has 4 rings (SSSR count). The number of benzene rings is 2. The van der Waals surface area contributed by atoms with Crippen molar-refractivity contribution in [1.82, 2.24) is 15.2 Å². The zero-order valence-corrected chi connectivity index (χ0v) is 22.7. The van der Waals surface area contributed by atoms with Crippen LogP contribution in [0, 0.1) is 0 Å². The molecule has 1 saturated heterocycles. The predicted molar refractivity (Wildman–Crippen MR) is 148 cm³/mol. The maximum absolute atomic E-state index is 12.7. The molecule has 0 saturated carbocycles. The van der Waals surface area contributed by atoms with Gasteiger partial charge in [-0.3, -0.25) is 4.79 Å². The molecule has 1 aromatic heterocycles. The Morgan fingerprint density at radius 3 is 2.21 bits per heavy atom. The largest absolute Gasteiger partial charge is 0.457 e. The van der Waals surface area contributed by atoms with Crippen LogP contribution in [-0.2, 0) is 11.2 Å². The Bertz CT molecular complexity index is 1240. The van der Waals surface area contributed by atoms with Gasteiger partial charge in [-0.25, -0.2) is 9.78 Å². The molecule has 9 heteroatoms. The minimum atomic E-state index is -0.526. The van der Waals surface area contributed by atoms with Crippen LogP contribution in [0.5, 0.6) is 11.5 Å². The molecule has 0 aliphatic carbocycles. The van der Waals surface area contributed by atoms with Crippen LogP contribution in [0.15, 0.2) is 66.7 Å². The van der Waals surface area contributed by atoms with Crippen LogP contribution in [0.1, 0.15) is 36.7 Å². The van der Waals surface area contributed by atoms with Gasteiger partial charge in [0.25, 0.3) is 5.91 Å². The number of ether oxygens (including phenoxy) is 2. The fourth-order valence-corrected chi connectivity index (χ4v) is 4.21. The molecule has 0 unspecified atom stereocenters. The molecule has 8 nitrogen and oxygen atoms in total. The smallest absolute Gasteiger partial charge is 0.410 e. The first-order valence-corrected chi connectivity index (χ1v) is 13.1. The van der Waals surface area contributed by atoms with Crippen LogP contribution in [0.3, 0.4) is 0 Å². The molecule has 2 amide bonds. The van der Waals surface area contributed by atoms with Crippen molar-refractivity contribution in [3.63, 3.8) is 0 Å². The third kappa shape index (κ3) is 7.61.